The highest BCUT2D eigenvalue weighted by Crippen LogP contribution is 2.28. The molecule has 0 bridgehead atoms. The molecule has 0 aliphatic carbocycles. The summed E-state index contributed by atoms with van der Waals surface area (Å²) >= 11 is 0. The van der Waals surface area contributed by atoms with Crippen molar-refractivity contribution >= 4 is 17.5 Å². The van der Waals surface area contributed by atoms with Crippen LogP contribution in [0.1, 0.15) is 43.9 Å². The number of aryl methyl sites for hydroxylation is 1. The van der Waals surface area contributed by atoms with Crippen LogP contribution in [0, 0.1) is 12.8 Å². The second-order valence-corrected chi connectivity index (χ2v) is 7.47. The van der Waals surface area contributed by atoms with E-state index in [4.69, 9.17) is 4.74 Å². The van der Waals surface area contributed by atoms with Crippen LogP contribution in [-0.4, -0.2) is 57.8 Å². The first kappa shape index (κ1) is 18.2. The molecule has 1 amide bonds. The zero-order valence-electron chi connectivity index (χ0n) is 16.1. The number of nitrogens with one attached hydrogen (secondary N) is 1. The van der Waals surface area contributed by atoms with Crippen molar-refractivity contribution in [3.05, 3.63) is 17.6 Å². The minimum absolute atomic E-state index is 0.0712. The topological polar surface area (TPSA) is 84.7 Å². The van der Waals surface area contributed by atoms with Crippen LogP contribution in [0.4, 0.5) is 5.82 Å². The van der Waals surface area contributed by atoms with E-state index in [1.165, 1.54) is 5.56 Å². The molecule has 146 valence electrons. The number of anilines is 1. The minimum Gasteiger partial charge on any atom is -0.376 e. The van der Waals surface area contributed by atoms with E-state index < -0.39 is 0 Å². The van der Waals surface area contributed by atoms with Crippen molar-refractivity contribution in [3.8, 4) is 0 Å². The predicted molar refractivity (Wildman–Crippen MR) is 102 cm³/mol. The Morgan fingerprint density at radius 2 is 2.15 bits per heavy atom. The van der Waals surface area contributed by atoms with Crippen LogP contribution in [0.25, 0.3) is 5.78 Å². The average Bonchev–Trinajstić information content (AvgIpc) is 3.36. The number of nitrogens with zero attached hydrogens (tertiary/aromatic N) is 5. The summed E-state index contributed by atoms with van der Waals surface area (Å²) in [6.45, 7) is 7.31. The number of rotatable bonds is 5. The summed E-state index contributed by atoms with van der Waals surface area (Å²) in [6.07, 6.45) is 6.48. The highest BCUT2D eigenvalue weighted by Gasteiger charge is 2.28. The summed E-state index contributed by atoms with van der Waals surface area (Å²) in [5, 5.41) is 7.47. The molecule has 0 unspecified atom stereocenters. The minimum atomic E-state index is 0.0712. The molecular formula is C19H28N6O2. The fourth-order valence-corrected chi connectivity index (χ4v) is 4.22. The Morgan fingerprint density at radius 3 is 2.85 bits per heavy atom. The summed E-state index contributed by atoms with van der Waals surface area (Å²) < 4.78 is 7.43. The van der Waals surface area contributed by atoms with Gasteiger partial charge in [0.1, 0.15) is 12.1 Å². The van der Waals surface area contributed by atoms with Gasteiger partial charge in [-0.2, -0.15) is 14.6 Å². The average molecular weight is 372 g/mol. The third-order valence-corrected chi connectivity index (χ3v) is 5.75. The van der Waals surface area contributed by atoms with Gasteiger partial charge in [-0.1, -0.05) is 6.92 Å². The number of carbonyl (C=O) groups excluding carboxylic acids is 1. The van der Waals surface area contributed by atoms with E-state index in [0.29, 0.717) is 12.3 Å². The van der Waals surface area contributed by atoms with Crippen molar-refractivity contribution in [2.24, 2.45) is 5.92 Å². The summed E-state index contributed by atoms with van der Waals surface area (Å²) in [5.41, 5.74) is 2.21. The van der Waals surface area contributed by atoms with Gasteiger partial charge in [0.15, 0.2) is 0 Å². The Kier molecular flexibility index (Phi) is 5.24. The number of hydrogen-bond donors (Lipinski definition) is 1. The van der Waals surface area contributed by atoms with Gasteiger partial charge < -0.3 is 15.0 Å². The van der Waals surface area contributed by atoms with E-state index >= 15 is 0 Å². The first-order valence-electron chi connectivity index (χ1n) is 10.0. The van der Waals surface area contributed by atoms with E-state index in [2.05, 4.69) is 32.2 Å². The van der Waals surface area contributed by atoms with Crippen LogP contribution in [-0.2, 0) is 16.0 Å². The Hall–Kier alpha value is -2.22. The Labute approximate surface area is 159 Å². The number of amides is 1. The molecule has 2 aliphatic heterocycles. The smallest absolute Gasteiger partial charge is 0.254 e. The van der Waals surface area contributed by atoms with Gasteiger partial charge in [-0.05, 0) is 39.0 Å². The second-order valence-electron chi connectivity index (χ2n) is 7.47. The number of aromatic nitrogens is 4. The Morgan fingerprint density at radius 1 is 1.33 bits per heavy atom. The molecule has 1 N–H and O–H groups in total. The van der Waals surface area contributed by atoms with Crippen molar-refractivity contribution < 1.29 is 9.53 Å². The van der Waals surface area contributed by atoms with Crippen molar-refractivity contribution in [3.63, 3.8) is 0 Å². The van der Waals surface area contributed by atoms with Gasteiger partial charge in [0.2, 0.25) is 5.91 Å². The molecule has 0 saturated carbocycles. The van der Waals surface area contributed by atoms with Crippen molar-refractivity contribution in [2.75, 3.05) is 31.1 Å². The van der Waals surface area contributed by atoms with Crippen molar-refractivity contribution in [1.29, 1.82) is 0 Å². The van der Waals surface area contributed by atoms with Crippen LogP contribution in [0.5, 0.6) is 0 Å². The maximum Gasteiger partial charge on any atom is 0.254 e. The van der Waals surface area contributed by atoms with Gasteiger partial charge in [0.05, 0.1) is 6.10 Å². The zero-order valence-corrected chi connectivity index (χ0v) is 16.1. The molecule has 8 heteroatoms. The molecule has 1 atom stereocenters. The Bertz CT molecular complexity index is 806. The third-order valence-electron chi connectivity index (χ3n) is 5.75. The lowest BCUT2D eigenvalue weighted by molar-refractivity contribution is -0.126. The van der Waals surface area contributed by atoms with Crippen LogP contribution >= 0.6 is 0 Å². The van der Waals surface area contributed by atoms with E-state index in [0.717, 1.165) is 63.3 Å². The van der Waals surface area contributed by atoms with Gasteiger partial charge in [-0.15, -0.1) is 0 Å². The van der Waals surface area contributed by atoms with Gasteiger partial charge in [0.25, 0.3) is 5.78 Å². The first-order chi connectivity index (χ1) is 13.2. The maximum absolute atomic E-state index is 12.5. The summed E-state index contributed by atoms with van der Waals surface area (Å²) in [6, 6.07) is 0. The molecule has 2 fully saturated rings. The lowest BCUT2D eigenvalue weighted by atomic mass is 9.95. The highest BCUT2D eigenvalue weighted by atomic mass is 16.5. The van der Waals surface area contributed by atoms with Crippen molar-refractivity contribution in [2.45, 2.75) is 52.1 Å². The van der Waals surface area contributed by atoms with Gasteiger partial charge in [0, 0.05) is 43.4 Å². The molecule has 2 saturated heterocycles. The predicted octanol–water partition coefficient (Wildman–Crippen LogP) is 1.51. The number of fused-ring (bicyclic) bond motifs is 1. The molecule has 2 aromatic rings. The molecule has 4 heterocycles. The number of piperidine rings is 1. The number of hydrogen-bond acceptors (Lipinski definition) is 6. The summed E-state index contributed by atoms with van der Waals surface area (Å²) in [4.78, 5) is 23.7. The lowest BCUT2D eigenvalue weighted by Crippen LogP contribution is -2.43. The van der Waals surface area contributed by atoms with E-state index in [9.17, 15) is 4.79 Å². The quantitative estimate of drug-likeness (QED) is 0.856. The molecule has 2 aromatic heterocycles. The zero-order chi connectivity index (χ0) is 18.8. The maximum atomic E-state index is 12.5. The fourth-order valence-electron chi connectivity index (χ4n) is 4.22. The molecule has 0 spiro atoms. The lowest BCUT2D eigenvalue weighted by Gasteiger charge is -2.34. The molecular weight excluding hydrogens is 344 g/mol. The standard InChI is InChI=1S/C19H28N6O2/c1-3-16-13(2)23-19-21-12-22-25(19)18(16)24-8-6-14(7-9-24)17(26)20-11-15-5-4-10-27-15/h12,14-15H,3-11H2,1-2H3,(H,20,26)/t15-/m1/s1. The van der Waals surface area contributed by atoms with Crippen LogP contribution in [0.15, 0.2) is 6.33 Å². The number of carbonyl (C=O) groups is 1. The molecule has 8 nitrogen and oxygen atoms in total. The summed E-state index contributed by atoms with van der Waals surface area (Å²) in [7, 11) is 0. The van der Waals surface area contributed by atoms with E-state index in [1.807, 2.05) is 11.4 Å². The monoisotopic (exact) mass is 372 g/mol. The molecule has 4 rings (SSSR count). The van der Waals surface area contributed by atoms with Crippen molar-refractivity contribution in [1.82, 2.24) is 24.9 Å². The fraction of sp³-hybridized carbons (Fsp3) is 0.684. The SMILES string of the molecule is CCc1c(C)nc2ncnn2c1N1CCC(C(=O)NC[C@H]2CCCO2)CC1. The van der Waals surface area contributed by atoms with Crippen LogP contribution in [0.3, 0.4) is 0 Å². The molecule has 2 aliphatic rings. The normalized spacial score (nSPS) is 21.1. The van der Waals surface area contributed by atoms with E-state index in [1.54, 1.807) is 6.33 Å². The van der Waals surface area contributed by atoms with Crippen LogP contribution in [0.2, 0.25) is 0 Å². The van der Waals surface area contributed by atoms with Gasteiger partial charge in [-0.3, -0.25) is 4.79 Å². The first-order valence-corrected chi connectivity index (χ1v) is 10.0. The van der Waals surface area contributed by atoms with Crippen LogP contribution < -0.4 is 10.2 Å². The molecule has 0 aromatic carbocycles. The van der Waals surface area contributed by atoms with E-state index in [-0.39, 0.29) is 17.9 Å². The molecule has 27 heavy (non-hydrogen) atoms. The summed E-state index contributed by atoms with van der Waals surface area (Å²) in [5.74, 6) is 1.95. The van der Waals surface area contributed by atoms with Gasteiger partial charge in [-0.25, -0.2) is 4.98 Å². The second kappa shape index (κ2) is 7.80. The largest absolute Gasteiger partial charge is 0.376 e. The molecule has 0 radical (unpaired) electrons. The number of ether oxygens (including phenoxy) is 1. The highest BCUT2D eigenvalue weighted by molar-refractivity contribution is 5.79. The Balaban J connectivity index is 1.42. The third kappa shape index (κ3) is 3.63. The van der Waals surface area contributed by atoms with Gasteiger partial charge >= 0.3 is 0 Å².